The lowest BCUT2D eigenvalue weighted by Crippen LogP contribution is -2.44. The average Bonchev–Trinajstić information content (AvgIpc) is 3.22. The van der Waals surface area contributed by atoms with Crippen LogP contribution in [0.5, 0.6) is 0 Å². The highest BCUT2D eigenvalue weighted by molar-refractivity contribution is 7.92. The van der Waals surface area contributed by atoms with Crippen LogP contribution < -0.4 is 4.31 Å². The molecule has 0 aliphatic carbocycles. The number of carbonyl (C=O) groups is 1. The Hall–Kier alpha value is -3.00. The molecule has 1 heterocycles. The maximum atomic E-state index is 13.9. The van der Waals surface area contributed by atoms with Crippen molar-refractivity contribution in [2.75, 3.05) is 10.8 Å². The van der Waals surface area contributed by atoms with Crippen LogP contribution in [0.15, 0.2) is 83.9 Å². The van der Waals surface area contributed by atoms with Crippen LogP contribution >= 0.6 is 23.2 Å². The van der Waals surface area contributed by atoms with Gasteiger partial charge in [0.15, 0.2) is 0 Å². The molecule has 3 aromatic carbocycles. The van der Waals surface area contributed by atoms with E-state index in [1.54, 1.807) is 19.9 Å². The first-order valence-corrected chi connectivity index (χ1v) is 14.0. The van der Waals surface area contributed by atoms with Crippen molar-refractivity contribution in [1.29, 1.82) is 0 Å². The zero-order chi connectivity index (χ0) is 26.8. The summed E-state index contributed by atoms with van der Waals surface area (Å²) in [5, 5.41) is 1.30. The minimum atomic E-state index is -4.11. The molecule has 0 bridgehead atoms. The molecule has 9 heteroatoms. The molecule has 0 saturated heterocycles. The lowest BCUT2D eigenvalue weighted by molar-refractivity contribution is -0.152. The van der Waals surface area contributed by atoms with Crippen LogP contribution in [0.2, 0.25) is 10.0 Å². The zero-order valence-electron chi connectivity index (χ0n) is 20.8. The Labute approximate surface area is 227 Å². The number of carbonyl (C=O) groups excluding carboxylic acids is 1. The SMILES string of the molecule is CC(=O)OC(C)(C)CN(c1ccc2c(ccn2CCc2ccccc2)c1)S(=O)(=O)c1cc(Cl)cc(Cl)c1. The third kappa shape index (κ3) is 6.47. The van der Waals surface area contributed by atoms with Crippen molar-refractivity contribution in [2.45, 2.75) is 44.2 Å². The van der Waals surface area contributed by atoms with Gasteiger partial charge in [0.2, 0.25) is 0 Å². The number of benzene rings is 3. The molecular weight excluding hydrogens is 531 g/mol. The van der Waals surface area contributed by atoms with Crippen molar-refractivity contribution in [2.24, 2.45) is 0 Å². The number of hydrogen-bond donors (Lipinski definition) is 0. The van der Waals surface area contributed by atoms with E-state index in [-0.39, 0.29) is 21.5 Å². The highest BCUT2D eigenvalue weighted by Crippen LogP contribution is 2.32. The van der Waals surface area contributed by atoms with Crippen LogP contribution in [-0.4, -0.2) is 31.1 Å². The van der Waals surface area contributed by atoms with E-state index in [1.807, 2.05) is 42.6 Å². The number of anilines is 1. The largest absolute Gasteiger partial charge is 0.458 e. The van der Waals surface area contributed by atoms with Crippen LogP contribution in [-0.2, 0) is 32.5 Å². The molecule has 0 unspecified atom stereocenters. The Balaban J connectivity index is 1.72. The van der Waals surface area contributed by atoms with E-state index >= 15 is 0 Å². The molecular formula is C28H28Cl2N2O4S. The number of aromatic nitrogens is 1. The van der Waals surface area contributed by atoms with Gasteiger partial charge in [0.25, 0.3) is 10.0 Å². The fourth-order valence-electron chi connectivity index (χ4n) is 4.32. The first-order valence-electron chi connectivity index (χ1n) is 11.8. The Kier molecular flexibility index (Phi) is 7.88. The second-order valence-electron chi connectivity index (χ2n) is 9.46. The predicted octanol–water partition coefficient (Wildman–Crippen LogP) is 6.73. The van der Waals surface area contributed by atoms with E-state index in [4.69, 9.17) is 27.9 Å². The summed E-state index contributed by atoms with van der Waals surface area (Å²) in [6.45, 7) is 5.30. The molecule has 194 valence electrons. The number of rotatable bonds is 9. The van der Waals surface area contributed by atoms with Crippen LogP contribution in [0, 0.1) is 0 Å². The van der Waals surface area contributed by atoms with Crippen molar-refractivity contribution in [3.05, 3.63) is 94.6 Å². The fourth-order valence-corrected chi connectivity index (χ4v) is 6.65. The molecule has 37 heavy (non-hydrogen) atoms. The summed E-state index contributed by atoms with van der Waals surface area (Å²) >= 11 is 12.2. The third-order valence-corrected chi connectivity index (χ3v) is 8.08. The Bertz CT molecular complexity index is 1510. The van der Waals surface area contributed by atoms with Gasteiger partial charge in [0.05, 0.1) is 17.1 Å². The monoisotopic (exact) mass is 558 g/mol. The number of nitrogens with zero attached hydrogens (tertiary/aromatic N) is 2. The van der Waals surface area contributed by atoms with Gasteiger partial charge < -0.3 is 9.30 Å². The molecule has 0 fully saturated rings. The highest BCUT2D eigenvalue weighted by Gasteiger charge is 2.33. The Morgan fingerprint density at radius 3 is 2.30 bits per heavy atom. The minimum absolute atomic E-state index is 0.0517. The van der Waals surface area contributed by atoms with Gasteiger partial charge in [-0.2, -0.15) is 0 Å². The van der Waals surface area contributed by atoms with Crippen molar-refractivity contribution in [3.8, 4) is 0 Å². The molecule has 4 aromatic rings. The lowest BCUT2D eigenvalue weighted by Gasteiger charge is -2.33. The summed E-state index contributed by atoms with van der Waals surface area (Å²) in [5.41, 5.74) is 1.57. The van der Waals surface area contributed by atoms with Gasteiger partial charge in [-0.1, -0.05) is 53.5 Å². The van der Waals surface area contributed by atoms with Gasteiger partial charge >= 0.3 is 5.97 Å². The summed E-state index contributed by atoms with van der Waals surface area (Å²) in [7, 11) is -4.11. The highest BCUT2D eigenvalue weighted by atomic mass is 35.5. The molecule has 4 rings (SSSR count). The number of aryl methyl sites for hydroxylation is 2. The molecule has 0 aliphatic rings. The first-order chi connectivity index (χ1) is 17.4. The maximum absolute atomic E-state index is 13.9. The molecule has 0 aliphatic heterocycles. The maximum Gasteiger partial charge on any atom is 0.303 e. The second-order valence-corrected chi connectivity index (χ2v) is 12.2. The molecule has 0 saturated carbocycles. The average molecular weight is 560 g/mol. The van der Waals surface area contributed by atoms with E-state index < -0.39 is 21.6 Å². The smallest absolute Gasteiger partial charge is 0.303 e. The first kappa shape index (κ1) is 27.0. The van der Waals surface area contributed by atoms with Crippen molar-refractivity contribution in [1.82, 2.24) is 4.57 Å². The van der Waals surface area contributed by atoms with Crippen LogP contribution in [0.1, 0.15) is 26.3 Å². The number of esters is 1. The van der Waals surface area contributed by atoms with Crippen molar-refractivity contribution in [3.63, 3.8) is 0 Å². The zero-order valence-corrected chi connectivity index (χ0v) is 23.1. The van der Waals surface area contributed by atoms with Crippen LogP contribution in [0.3, 0.4) is 0 Å². The Morgan fingerprint density at radius 1 is 0.973 bits per heavy atom. The van der Waals surface area contributed by atoms with Gasteiger partial charge in [0.1, 0.15) is 5.60 Å². The molecule has 0 amide bonds. The predicted molar refractivity (Wildman–Crippen MR) is 149 cm³/mol. The second kappa shape index (κ2) is 10.8. The van der Waals surface area contributed by atoms with E-state index in [0.717, 1.165) is 23.9 Å². The number of hydrogen-bond acceptors (Lipinski definition) is 4. The summed E-state index contributed by atoms with van der Waals surface area (Å²) in [5.74, 6) is -0.501. The fraction of sp³-hybridized carbons (Fsp3) is 0.250. The number of halogens is 2. The van der Waals surface area contributed by atoms with E-state index in [9.17, 15) is 13.2 Å². The van der Waals surface area contributed by atoms with E-state index in [2.05, 4.69) is 16.7 Å². The van der Waals surface area contributed by atoms with Crippen LogP contribution in [0.25, 0.3) is 10.9 Å². The Morgan fingerprint density at radius 2 is 1.65 bits per heavy atom. The summed E-state index contributed by atoms with van der Waals surface area (Å²) < 4.78 is 36.5. The summed E-state index contributed by atoms with van der Waals surface area (Å²) in [6.07, 6.45) is 2.87. The molecule has 0 N–H and O–H groups in total. The normalized spacial score (nSPS) is 12.0. The van der Waals surface area contributed by atoms with Gasteiger partial charge in [-0.15, -0.1) is 0 Å². The summed E-state index contributed by atoms with van der Waals surface area (Å²) in [4.78, 5) is 11.6. The topological polar surface area (TPSA) is 68.6 Å². The van der Waals surface area contributed by atoms with Gasteiger partial charge in [-0.05, 0) is 68.3 Å². The van der Waals surface area contributed by atoms with Crippen molar-refractivity contribution < 1.29 is 17.9 Å². The summed E-state index contributed by atoms with van der Waals surface area (Å²) in [6, 6.07) is 21.9. The van der Waals surface area contributed by atoms with E-state index in [0.29, 0.717) is 5.69 Å². The molecule has 6 nitrogen and oxygen atoms in total. The van der Waals surface area contributed by atoms with Crippen molar-refractivity contribution >= 4 is 55.8 Å². The molecule has 0 atom stereocenters. The van der Waals surface area contributed by atoms with E-state index in [1.165, 1.54) is 35.0 Å². The quantitative estimate of drug-likeness (QED) is 0.213. The minimum Gasteiger partial charge on any atom is -0.458 e. The third-order valence-electron chi connectivity index (χ3n) is 5.90. The standard InChI is InChI=1S/C28H28Cl2N2O4S/c1-20(33)36-28(2,3)19-32(37(34,35)26-17-23(29)16-24(30)18-26)25-9-10-27-22(15-25)12-14-31(27)13-11-21-7-5-4-6-8-21/h4-10,12,14-18H,11,13,19H2,1-3H3. The molecule has 1 aromatic heterocycles. The van der Waals surface area contributed by atoms with Crippen LogP contribution in [0.4, 0.5) is 5.69 Å². The lowest BCUT2D eigenvalue weighted by atomic mass is 10.1. The van der Waals surface area contributed by atoms with Gasteiger partial charge in [-0.25, -0.2) is 8.42 Å². The molecule has 0 radical (unpaired) electrons. The number of sulfonamides is 1. The number of ether oxygens (including phenoxy) is 1. The number of fused-ring (bicyclic) bond motifs is 1. The molecule has 0 spiro atoms. The van der Waals surface area contributed by atoms with Gasteiger partial charge in [-0.3, -0.25) is 9.10 Å². The van der Waals surface area contributed by atoms with Gasteiger partial charge in [0, 0.05) is 40.6 Å².